The van der Waals surface area contributed by atoms with Crippen molar-refractivity contribution in [2.45, 2.75) is 40.0 Å². The smallest absolute Gasteiger partial charge is 0.416 e. The molecule has 8 rings (SSSR count). The maximum Gasteiger partial charge on any atom is 0.416 e. The molecule has 7 nitrogen and oxygen atoms in total. The van der Waals surface area contributed by atoms with Crippen LogP contribution in [0.25, 0.3) is 54.1 Å². The minimum absolute atomic E-state index is 0.0777. The van der Waals surface area contributed by atoms with E-state index in [4.69, 9.17) is 4.98 Å². The van der Waals surface area contributed by atoms with Gasteiger partial charge in [-0.25, -0.2) is 4.98 Å². The van der Waals surface area contributed by atoms with Crippen molar-refractivity contribution in [3.63, 3.8) is 0 Å². The summed E-state index contributed by atoms with van der Waals surface area (Å²) in [5, 5.41) is 14.5. The second-order valence-corrected chi connectivity index (χ2v) is 12.4. The number of aryl methyl sites for hydroxylation is 3. The van der Waals surface area contributed by atoms with Crippen molar-refractivity contribution in [1.82, 2.24) is 14.1 Å². The molecule has 238 valence electrons. The average Bonchev–Trinajstić information content (AvgIpc) is 3.44. The molecule has 0 spiro atoms. The van der Waals surface area contributed by atoms with Gasteiger partial charge in [0.25, 0.3) is 16.7 Å². The zero-order chi connectivity index (χ0) is 33.8. The molecule has 3 aromatic heterocycles. The van der Waals surface area contributed by atoms with Crippen LogP contribution in [0.1, 0.15) is 33.4 Å². The monoisotopic (exact) mass is 645 g/mol. The van der Waals surface area contributed by atoms with E-state index < -0.39 is 28.4 Å². The van der Waals surface area contributed by atoms with E-state index in [0.717, 1.165) is 27.8 Å². The zero-order valence-corrected chi connectivity index (χ0v) is 26.0. The number of nitrogens with zero attached hydrogens (tertiary/aromatic N) is 3. The molecule has 0 radical (unpaired) electrons. The number of alkyl halides is 3. The highest BCUT2D eigenvalue weighted by atomic mass is 19.4. The molecule has 0 bridgehead atoms. The quantitative estimate of drug-likeness (QED) is 0.205. The first kappa shape index (κ1) is 29.6. The van der Waals surface area contributed by atoms with Gasteiger partial charge in [-0.15, -0.1) is 0 Å². The first-order chi connectivity index (χ1) is 22.9. The van der Waals surface area contributed by atoms with Crippen molar-refractivity contribution in [3.8, 4) is 5.88 Å². The van der Waals surface area contributed by atoms with Gasteiger partial charge in [-0.2, -0.15) is 13.2 Å². The molecule has 0 fully saturated rings. The molecule has 10 heteroatoms. The van der Waals surface area contributed by atoms with Gasteiger partial charge in [-0.1, -0.05) is 60.2 Å². The van der Waals surface area contributed by atoms with E-state index in [1.807, 2.05) is 31.2 Å². The van der Waals surface area contributed by atoms with Gasteiger partial charge in [-0.05, 0) is 61.2 Å². The van der Waals surface area contributed by atoms with Gasteiger partial charge < -0.3 is 5.11 Å². The molecule has 8 aromatic rings. The number of hydrogen-bond acceptors (Lipinski definition) is 5. The normalized spacial score (nSPS) is 12.5. The fourth-order valence-electron chi connectivity index (χ4n) is 7.11. The highest BCUT2D eigenvalue weighted by Crippen LogP contribution is 2.45. The standard InChI is InChI=1S/C38H26F3N3O4/c1-18-8-10-21(11-9-18)16-44-35(46)27-20(3)19(2)26-29-30(27)32(37(44)48)33-28(24-6-4-5-7-25(24)42-33)31(29)36(47)43(34(26)45)17-22-12-14-23(15-13-22)38(39,40)41/h4-15,48H,16-17H2,1-3H3. The molecular weight excluding hydrogens is 619 g/mol. The van der Waals surface area contributed by atoms with E-state index in [0.29, 0.717) is 38.5 Å². The first-order valence-corrected chi connectivity index (χ1v) is 15.3. The summed E-state index contributed by atoms with van der Waals surface area (Å²) < 4.78 is 42.1. The molecular formula is C38H26F3N3O4. The van der Waals surface area contributed by atoms with Crippen LogP contribution in [-0.2, 0) is 19.3 Å². The molecule has 5 aromatic carbocycles. The lowest BCUT2D eigenvalue weighted by atomic mass is 9.88. The number of para-hydroxylation sites is 1. The van der Waals surface area contributed by atoms with E-state index in [1.165, 1.54) is 16.7 Å². The van der Waals surface area contributed by atoms with E-state index in [-0.39, 0.29) is 51.3 Å². The lowest BCUT2D eigenvalue weighted by Gasteiger charge is -2.21. The Kier molecular flexibility index (Phi) is 6.24. The molecule has 3 heterocycles. The largest absolute Gasteiger partial charge is 0.494 e. The molecule has 0 amide bonds. The van der Waals surface area contributed by atoms with Crippen LogP contribution >= 0.6 is 0 Å². The second-order valence-electron chi connectivity index (χ2n) is 12.4. The molecule has 0 saturated heterocycles. The molecule has 0 aliphatic rings. The number of fused-ring (bicyclic) bond motifs is 5. The van der Waals surface area contributed by atoms with Gasteiger partial charge in [0.1, 0.15) is 0 Å². The summed E-state index contributed by atoms with van der Waals surface area (Å²) in [5.74, 6) is -0.325. The number of pyridine rings is 2. The fraction of sp³-hybridized carbons (Fsp3) is 0.158. The fourth-order valence-corrected chi connectivity index (χ4v) is 7.11. The summed E-state index contributed by atoms with van der Waals surface area (Å²) in [6, 6.07) is 19.1. The third-order valence-corrected chi connectivity index (χ3v) is 9.63. The Morgan fingerprint density at radius 1 is 0.625 bits per heavy atom. The van der Waals surface area contributed by atoms with Crippen LogP contribution in [0.4, 0.5) is 13.2 Å². The molecule has 0 aliphatic heterocycles. The Morgan fingerprint density at radius 2 is 1.15 bits per heavy atom. The predicted molar refractivity (Wildman–Crippen MR) is 181 cm³/mol. The van der Waals surface area contributed by atoms with Crippen molar-refractivity contribution in [1.29, 1.82) is 0 Å². The van der Waals surface area contributed by atoms with Crippen molar-refractivity contribution in [3.05, 3.63) is 137 Å². The van der Waals surface area contributed by atoms with Crippen LogP contribution in [0.5, 0.6) is 5.88 Å². The van der Waals surface area contributed by atoms with Crippen LogP contribution < -0.4 is 16.7 Å². The third kappa shape index (κ3) is 4.08. The highest BCUT2D eigenvalue weighted by molar-refractivity contribution is 6.38. The third-order valence-electron chi connectivity index (χ3n) is 9.63. The number of halogens is 3. The van der Waals surface area contributed by atoms with Gasteiger partial charge in [0.05, 0.1) is 51.2 Å². The van der Waals surface area contributed by atoms with Crippen LogP contribution in [-0.4, -0.2) is 19.2 Å². The summed E-state index contributed by atoms with van der Waals surface area (Å²) in [4.78, 5) is 48.1. The highest BCUT2D eigenvalue weighted by Gasteiger charge is 2.31. The number of benzene rings is 5. The average molecular weight is 646 g/mol. The van der Waals surface area contributed by atoms with Gasteiger partial charge in [0.2, 0.25) is 5.88 Å². The summed E-state index contributed by atoms with van der Waals surface area (Å²) in [7, 11) is 0. The minimum atomic E-state index is -4.54. The van der Waals surface area contributed by atoms with Crippen LogP contribution in [0.2, 0.25) is 0 Å². The van der Waals surface area contributed by atoms with Crippen LogP contribution in [0.15, 0.2) is 87.2 Å². The topological polar surface area (TPSA) is 94.2 Å². The van der Waals surface area contributed by atoms with Crippen LogP contribution in [0, 0.1) is 20.8 Å². The van der Waals surface area contributed by atoms with Crippen molar-refractivity contribution in [2.75, 3.05) is 0 Å². The van der Waals surface area contributed by atoms with Crippen LogP contribution in [0.3, 0.4) is 0 Å². The molecule has 0 aliphatic carbocycles. The van der Waals surface area contributed by atoms with Gasteiger partial charge >= 0.3 is 6.18 Å². The van der Waals surface area contributed by atoms with Gasteiger partial charge in [-0.3, -0.25) is 23.5 Å². The molecule has 1 N–H and O–H groups in total. The number of aromatic hydroxyl groups is 1. The summed E-state index contributed by atoms with van der Waals surface area (Å²) in [6.07, 6.45) is -4.54. The van der Waals surface area contributed by atoms with Crippen molar-refractivity contribution in [2.24, 2.45) is 0 Å². The van der Waals surface area contributed by atoms with Gasteiger partial charge in [0, 0.05) is 21.5 Å². The van der Waals surface area contributed by atoms with E-state index in [2.05, 4.69) is 0 Å². The SMILES string of the molecule is Cc1ccc(Cn2c(O)c3c4nc5ccccc5c4c4c(=O)n(Cc5ccc(C(F)(F)F)cc5)c(=O)c5c(C)c(C)c(c2=O)c3c54)cc1. The zero-order valence-electron chi connectivity index (χ0n) is 26.0. The minimum Gasteiger partial charge on any atom is -0.494 e. The Hall–Kier alpha value is -5.77. The first-order valence-electron chi connectivity index (χ1n) is 15.3. The van der Waals surface area contributed by atoms with E-state index in [9.17, 15) is 32.7 Å². The predicted octanol–water partition coefficient (Wildman–Crippen LogP) is 7.15. The van der Waals surface area contributed by atoms with E-state index in [1.54, 1.807) is 38.1 Å². The maximum absolute atomic E-state index is 14.6. The second kappa shape index (κ2) is 10.1. The van der Waals surface area contributed by atoms with Crippen molar-refractivity contribution < 1.29 is 18.3 Å². The van der Waals surface area contributed by atoms with Crippen molar-refractivity contribution >= 4 is 54.1 Å². The summed E-state index contributed by atoms with van der Waals surface area (Å²) >= 11 is 0. The lowest BCUT2D eigenvalue weighted by molar-refractivity contribution is -0.137. The Labute approximate surface area is 269 Å². The maximum atomic E-state index is 14.6. The lowest BCUT2D eigenvalue weighted by Crippen LogP contribution is -2.34. The summed E-state index contributed by atoms with van der Waals surface area (Å²) in [5.41, 5.74) is 1.44. The Balaban J connectivity index is 1.54. The molecule has 0 saturated carbocycles. The number of hydrogen-bond donors (Lipinski definition) is 1. The number of rotatable bonds is 4. The Bertz CT molecular complexity index is 2800. The Morgan fingerprint density at radius 3 is 1.77 bits per heavy atom. The van der Waals surface area contributed by atoms with Gasteiger partial charge in [0.15, 0.2) is 0 Å². The molecule has 0 unspecified atom stereocenters. The van der Waals surface area contributed by atoms with E-state index >= 15 is 0 Å². The molecule has 48 heavy (non-hydrogen) atoms. The summed E-state index contributed by atoms with van der Waals surface area (Å²) in [6.45, 7) is 5.21. The number of aromatic nitrogens is 3. The molecule has 0 atom stereocenters.